The lowest BCUT2D eigenvalue weighted by Crippen LogP contribution is -2.63. The average molecular weight is 825 g/mol. The second kappa shape index (κ2) is 18.2. The number of carbonyl (C=O) groups excluding carboxylic acids is 4. The van der Waals surface area contributed by atoms with Gasteiger partial charge >= 0.3 is 23.9 Å². The Morgan fingerprint density at radius 1 is 0.650 bits per heavy atom. The van der Waals surface area contributed by atoms with Gasteiger partial charge in [0, 0.05) is 43.7 Å². The first-order valence-electron chi connectivity index (χ1n) is 18.0. The van der Waals surface area contributed by atoms with Gasteiger partial charge in [-0.2, -0.15) is 0 Å². The highest BCUT2D eigenvalue weighted by atomic mass is 16.7. The van der Waals surface area contributed by atoms with Gasteiger partial charge in [-0.1, -0.05) is 24.3 Å². The number of fused-ring (bicyclic) bond motifs is 1. The number of ether oxygens (including phenoxy) is 6. The first-order chi connectivity index (χ1) is 28.6. The molecule has 5 atom stereocenters. The number of esters is 4. The van der Waals surface area contributed by atoms with Crippen molar-refractivity contribution in [1.82, 2.24) is 0 Å². The summed E-state index contributed by atoms with van der Waals surface area (Å²) in [5.41, 5.74) is -0.138. The summed E-state index contributed by atoms with van der Waals surface area (Å²) in [4.78, 5) is 65.8. The number of carbonyl (C=O) groups is 4. The minimum Gasteiger partial charge on any atom is -0.508 e. The summed E-state index contributed by atoms with van der Waals surface area (Å²) in [6.45, 7) is 1.30. The van der Waals surface area contributed by atoms with Crippen LogP contribution >= 0.6 is 0 Å². The number of phenolic OH excluding ortho intramolecular Hbond substituents is 5. The lowest BCUT2D eigenvalue weighted by molar-refractivity contribution is -0.288. The van der Waals surface area contributed by atoms with Gasteiger partial charge in [0.2, 0.25) is 23.6 Å². The second-order valence-electron chi connectivity index (χ2n) is 13.2. The van der Waals surface area contributed by atoms with E-state index in [1.807, 2.05) is 0 Å². The number of benzene rings is 4. The van der Waals surface area contributed by atoms with Gasteiger partial charge in [0.05, 0.1) is 0 Å². The molecule has 1 aliphatic heterocycles. The topological polar surface area (TPSA) is 255 Å². The molecule has 1 aromatic heterocycles. The fourth-order valence-electron chi connectivity index (χ4n) is 6.07. The van der Waals surface area contributed by atoms with Gasteiger partial charge in [-0.15, -0.1) is 0 Å². The van der Waals surface area contributed by atoms with Crippen LogP contribution in [0.1, 0.15) is 25.0 Å². The van der Waals surface area contributed by atoms with Gasteiger partial charge in [-0.05, 0) is 71.8 Å². The third-order valence-corrected chi connectivity index (χ3v) is 8.73. The van der Waals surface area contributed by atoms with Gasteiger partial charge in [-0.25, -0.2) is 9.59 Å². The Labute approximate surface area is 339 Å². The van der Waals surface area contributed by atoms with E-state index in [-0.39, 0.29) is 34.2 Å². The van der Waals surface area contributed by atoms with Crippen molar-refractivity contribution >= 4 is 47.0 Å². The van der Waals surface area contributed by atoms with E-state index in [1.54, 1.807) is 0 Å². The van der Waals surface area contributed by atoms with Crippen molar-refractivity contribution in [3.63, 3.8) is 0 Å². The van der Waals surface area contributed by atoms with E-state index < -0.39 is 89.3 Å². The normalized spacial score (nSPS) is 18.9. The van der Waals surface area contributed by atoms with Crippen LogP contribution in [0.2, 0.25) is 0 Å². The molecule has 5 aromatic rings. The highest BCUT2D eigenvalue weighted by Gasteiger charge is 2.54. The van der Waals surface area contributed by atoms with Crippen LogP contribution in [0, 0.1) is 0 Å². The highest BCUT2D eigenvalue weighted by molar-refractivity contribution is 5.89. The molecule has 1 fully saturated rings. The minimum absolute atomic E-state index is 0.00147. The number of hydrogen-bond donors (Lipinski definition) is 5. The third kappa shape index (κ3) is 10.2. The van der Waals surface area contributed by atoms with Crippen LogP contribution in [0.15, 0.2) is 106 Å². The number of rotatable bonds is 12. The Morgan fingerprint density at radius 3 is 1.75 bits per heavy atom. The molecule has 5 unspecified atom stereocenters. The van der Waals surface area contributed by atoms with Crippen molar-refractivity contribution in [2.45, 2.75) is 44.6 Å². The van der Waals surface area contributed by atoms with E-state index in [0.717, 1.165) is 38.1 Å². The van der Waals surface area contributed by atoms with E-state index in [1.165, 1.54) is 84.9 Å². The van der Waals surface area contributed by atoms with Crippen LogP contribution in [-0.2, 0) is 42.9 Å². The second-order valence-corrected chi connectivity index (χ2v) is 13.2. The van der Waals surface area contributed by atoms with Crippen LogP contribution in [0.4, 0.5) is 0 Å². The summed E-state index contributed by atoms with van der Waals surface area (Å²) in [5, 5.41) is 49.6. The molecule has 0 saturated carbocycles. The highest BCUT2D eigenvalue weighted by Crippen LogP contribution is 2.38. The maximum absolute atomic E-state index is 14.2. The van der Waals surface area contributed by atoms with Crippen molar-refractivity contribution in [1.29, 1.82) is 0 Å². The zero-order valence-electron chi connectivity index (χ0n) is 31.6. The molecule has 1 aliphatic rings. The van der Waals surface area contributed by atoms with E-state index in [9.17, 15) is 49.5 Å². The number of aromatic hydroxyl groups is 5. The van der Waals surface area contributed by atoms with Crippen LogP contribution in [0.25, 0.3) is 34.4 Å². The molecule has 60 heavy (non-hydrogen) atoms. The lowest BCUT2D eigenvalue weighted by Gasteiger charge is -2.43. The molecule has 5 N–H and O–H groups in total. The molecule has 17 nitrogen and oxygen atoms in total. The van der Waals surface area contributed by atoms with Crippen molar-refractivity contribution in [2.75, 3.05) is 6.61 Å². The molecule has 0 radical (unpaired) electrons. The zero-order chi connectivity index (χ0) is 43.1. The minimum atomic E-state index is -1.94. The molecule has 2 heterocycles. The van der Waals surface area contributed by atoms with Crippen LogP contribution in [0.3, 0.4) is 0 Å². The summed E-state index contributed by atoms with van der Waals surface area (Å²) >= 11 is 0. The molecule has 1 saturated heterocycles. The maximum atomic E-state index is 14.2. The average Bonchev–Trinajstić information content (AvgIpc) is 3.19. The molecular weight excluding hydrogens is 788 g/mol. The summed E-state index contributed by atoms with van der Waals surface area (Å²) in [5.74, 6) is -6.15. The molecule has 0 bridgehead atoms. The predicted molar refractivity (Wildman–Crippen MR) is 208 cm³/mol. The third-order valence-electron chi connectivity index (χ3n) is 8.73. The van der Waals surface area contributed by atoms with Gasteiger partial charge in [0.15, 0.2) is 18.0 Å². The maximum Gasteiger partial charge on any atom is 0.331 e. The Bertz CT molecular complexity index is 2500. The van der Waals surface area contributed by atoms with E-state index in [2.05, 4.69) is 0 Å². The first-order valence-corrected chi connectivity index (χ1v) is 18.0. The summed E-state index contributed by atoms with van der Waals surface area (Å²) in [7, 11) is 0. The number of phenols is 5. The summed E-state index contributed by atoms with van der Waals surface area (Å²) in [6, 6.07) is 18.9. The monoisotopic (exact) mass is 824 g/mol. The van der Waals surface area contributed by atoms with E-state index in [0.29, 0.717) is 11.1 Å². The fourth-order valence-corrected chi connectivity index (χ4v) is 6.07. The SMILES string of the molecule is CC(=O)OC1C(Oc2c(-c3ccc(O)cc3)oc3cc(O)cc(O)c3c2=O)OC(COC(=O)C=Cc2ccc(O)cc2)C(OC(=O)C=Cc2ccc(O)cc2)C1OC(C)=O. The van der Waals surface area contributed by atoms with E-state index >= 15 is 0 Å². The Hall–Kier alpha value is -7.79. The molecule has 17 heteroatoms. The van der Waals surface area contributed by atoms with Crippen LogP contribution in [-0.4, -0.2) is 86.7 Å². The standard InChI is InChI=1S/C43H36O17/c1-22(44)55-41-39(59-35(52)18-8-25-5-13-28(47)14-6-25)33(21-54-34(51)17-7-24-3-11-27(46)12-4-24)58-43(42(41)56-23(2)45)60-40-37(53)36-31(50)19-30(49)20-32(36)57-38(40)26-9-15-29(48)16-10-26/h3-20,33,39,41-43,46-50H,21H2,1-2H3. The van der Waals surface area contributed by atoms with Crippen molar-refractivity contribution in [3.8, 4) is 45.8 Å². The molecule has 0 amide bonds. The largest absolute Gasteiger partial charge is 0.508 e. The van der Waals surface area contributed by atoms with Gasteiger partial charge in [0.25, 0.3) is 0 Å². The van der Waals surface area contributed by atoms with Crippen molar-refractivity contribution in [2.24, 2.45) is 0 Å². The van der Waals surface area contributed by atoms with Gasteiger partial charge < -0.3 is 58.4 Å². The Morgan fingerprint density at radius 2 is 1.18 bits per heavy atom. The number of hydrogen-bond acceptors (Lipinski definition) is 17. The molecule has 6 rings (SSSR count). The quantitative estimate of drug-likeness (QED) is 0.0641. The smallest absolute Gasteiger partial charge is 0.331 e. The molecule has 0 aliphatic carbocycles. The molecule has 310 valence electrons. The lowest BCUT2D eigenvalue weighted by atomic mass is 9.98. The van der Waals surface area contributed by atoms with E-state index in [4.69, 9.17) is 32.8 Å². The molecular formula is C43H36O17. The Kier molecular flexibility index (Phi) is 12.7. The van der Waals surface area contributed by atoms with Gasteiger partial charge in [-0.3, -0.25) is 14.4 Å². The molecule has 0 spiro atoms. The Balaban J connectivity index is 1.42. The van der Waals surface area contributed by atoms with Gasteiger partial charge in [0.1, 0.15) is 52.4 Å². The fraction of sp³-hybridized carbons (Fsp3) is 0.186. The first kappa shape index (κ1) is 41.8. The predicted octanol–water partition coefficient (Wildman–Crippen LogP) is 4.84. The zero-order valence-corrected chi connectivity index (χ0v) is 31.6. The summed E-state index contributed by atoms with van der Waals surface area (Å²) < 4.78 is 40.7. The van der Waals surface area contributed by atoms with Crippen LogP contribution < -0.4 is 10.2 Å². The van der Waals surface area contributed by atoms with Crippen molar-refractivity contribution in [3.05, 3.63) is 118 Å². The summed E-state index contributed by atoms with van der Waals surface area (Å²) in [6.07, 6.45) is -3.98. The van der Waals surface area contributed by atoms with Crippen LogP contribution in [0.5, 0.6) is 34.5 Å². The van der Waals surface area contributed by atoms with Crippen molar-refractivity contribution < 1.29 is 77.5 Å². The molecule has 4 aromatic carbocycles.